The van der Waals surface area contributed by atoms with Crippen LogP contribution in [0.25, 0.3) is 0 Å². The number of fused-ring (bicyclic) bond motifs is 3. The van der Waals surface area contributed by atoms with Gasteiger partial charge >= 0.3 is 13.8 Å². The van der Waals surface area contributed by atoms with Gasteiger partial charge in [-0.1, -0.05) is 0 Å². The number of benzene rings is 2. The van der Waals surface area contributed by atoms with E-state index < -0.39 is 80.3 Å². The molecule has 3 heterocycles. The first kappa shape index (κ1) is 35.5. The van der Waals surface area contributed by atoms with E-state index in [4.69, 9.17) is 64.4 Å². The summed E-state index contributed by atoms with van der Waals surface area (Å²) >= 11 is 0. The van der Waals surface area contributed by atoms with Gasteiger partial charge in [-0.15, -0.1) is 0 Å². The van der Waals surface area contributed by atoms with Crippen molar-refractivity contribution in [3.05, 3.63) is 41.0 Å². The lowest BCUT2D eigenvalue weighted by atomic mass is 9.61. The van der Waals surface area contributed by atoms with Crippen LogP contribution >= 0.6 is 7.82 Å². The van der Waals surface area contributed by atoms with E-state index >= 15 is 0 Å². The summed E-state index contributed by atoms with van der Waals surface area (Å²) in [5.41, 5.74) is 18.7. The fourth-order valence-electron chi connectivity index (χ4n) is 6.61. The molecule has 8 atom stereocenters. The standard InChI is InChI=1S/C29H38N3O16P/c1-12-41-10-22(29(31,32)47-12)45-27(17(34)8-33)46-24-14-6-18-19(44-11-43-18)7-16(14)28(30,23-15(24)9-42-26(23)35)13-4-20(39-2)25(21(5-13)40-3)48-49(36,37)38/h4-7,12,15,17,22-24,27,33-34H,8-11,30-32H2,1-3H3,(H2,36,37,38). The van der Waals surface area contributed by atoms with E-state index in [0.29, 0.717) is 17.1 Å². The Morgan fingerprint density at radius 3 is 2.24 bits per heavy atom. The molecule has 1 aliphatic carbocycles. The van der Waals surface area contributed by atoms with Crippen LogP contribution in [0.2, 0.25) is 0 Å². The van der Waals surface area contributed by atoms with Crippen LogP contribution in [0.5, 0.6) is 28.7 Å². The summed E-state index contributed by atoms with van der Waals surface area (Å²) in [6.07, 6.45) is -6.25. The topological polar surface area (TPSA) is 285 Å². The number of rotatable bonds is 11. The number of nitrogens with two attached hydrogens (primary N) is 3. The summed E-state index contributed by atoms with van der Waals surface area (Å²) in [7, 11) is -2.59. The van der Waals surface area contributed by atoms with E-state index in [9.17, 15) is 29.4 Å². The maximum Gasteiger partial charge on any atom is 0.525 e. The molecular weight excluding hydrogens is 677 g/mol. The summed E-state index contributed by atoms with van der Waals surface area (Å²) in [6.45, 7) is 0.338. The molecule has 49 heavy (non-hydrogen) atoms. The molecule has 270 valence electrons. The van der Waals surface area contributed by atoms with Gasteiger partial charge in [-0.05, 0) is 47.9 Å². The van der Waals surface area contributed by atoms with Crippen molar-refractivity contribution in [2.75, 3.05) is 40.8 Å². The molecule has 2 aromatic rings. The SMILES string of the molecule is COc1cc(C2(N)c3cc4c(cc3C(OC(OC3COC(C)OC3(N)N)C(O)CO)C3COC(=O)C32)OCO4)cc(OC)c1OP(=O)(O)O. The summed E-state index contributed by atoms with van der Waals surface area (Å²) in [5.74, 6) is -4.72. The van der Waals surface area contributed by atoms with E-state index in [0.717, 1.165) is 0 Å². The monoisotopic (exact) mass is 715 g/mol. The molecule has 3 aliphatic heterocycles. The number of hydrogen-bond donors (Lipinski definition) is 7. The minimum absolute atomic E-state index is 0.115. The molecule has 0 aromatic heterocycles. The zero-order valence-electron chi connectivity index (χ0n) is 26.5. The minimum atomic E-state index is -5.07. The molecule has 2 saturated heterocycles. The number of methoxy groups -OCH3 is 2. The average Bonchev–Trinajstić information content (AvgIpc) is 3.67. The van der Waals surface area contributed by atoms with Crippen LogP contribution in [0.3, 0.4) is 0 Å². The predicted octanol–water partition coefficient (Wildman–Crippen LogP) is -1.00. The first-order valence-electron chi connectivity index (χ1n) is 15.0. The Morgan fingerprint density at radius 2 is 1.65 bits per heavy atom. The Morgan fingerprint density at radius 1 is 1.00 bits per heavy atom. The van der Waals surface area contributed by atoms with Gasteiger partial charge in [0.1, 0.15) is 12.2 Å². The van der Waals surface area contributed by atoms with E-state index in [2.05, 4.69) is 0 Å². The summed E-state index contributed by atoms with van der Waals surface area (Å²) in [4.78, 5) is 32.7. The molecule has 19 nitrogen and oxygen atoms in total. The molecule has 0 bridgehead atoms. The van der Waals surface area contributed by atoms with E-state index in [1.165, 1.54) is 26.4 Å². The predicted molar refractivity (Wildman–Crippen MR) is 161 cm³/mol. The fraction of sp³-hybridized carbons (Fsp3) is 0.552. The van der Waals surface area contributed by atoms with E-state index in [-0.39, 0.29) is 42.6 Å². The third-order valence-corrected chi connectivity index (χ3v) is 9.28. The van der Waals surface area contributed by atoms with Gasteiger partial charge in [-0.25, -0.2) is 4.57 Å². The lowest BCUT2D eigenvalue weighted by molar-refractivity contribution is -0.339. The van der Waals surface area contributed by atoms with Gasteiger partial charge in [0.15, 0.2) is 35.6 Å². The zero-order chi connectivity index (χ0) is 35.5. The highest BCUT2D eigenvalue weighted by Gasteiger charge is 2.60. The molecule has 0 radical (unpaired) electrons. The number of aliphatic hydroxyl groups is 2. The second-order valence-electron chi connectivity index (χ2n) is 11.9. The molecule has 8 unspecified atom stereocenters. The molecule has 2 fully saturated rings. The quantitative estimate of drug-likeness (QED) is 0.0834. The zero-order valence-corrected chi connectivity index (χ0v) is 27.4. The molecule has 0 saturated carbocycles. The third kappa shape index (κ3) is 6.42. The lowest BCUT2D eigenvalue weighted by Crippen LogP contribution is -2.68. The Hall–Kier alpha value is -3.30. The maximum absolute atomic E-state index is 13.7. The number of carbonyl (C=O) groups is 1. The Balaban J connectivity index is 1.49. The summed E-state index contributed by atoms with van der Waals surface area (Å²) < 4.78 is 67.7. The Kier molecular flexibility index (Phi) is 9.50. The summed E-state index contributed by atoms with van der Waals surface area (Å²) in [6, 6.07) is 5.90. The average molecular weight is 716 g/mol. The van der Waals surface area contributed by atoms with Gasteiger partial charge in [0.25, 0.3) is 0 Å². The second kappa shape index (κ2) is 13.1. The molecule has 4 aliphatic rings. The molecule has 2 aromatic carbocycles. The highest BCUT2D eigenvalue weighted by atomic mass is 31.2. The van der Waals surface area contributed by atoms with Gasteiger partial charge < -0.3 is 63.1 Å². The minimum Gasteiger partial charge on any atom is -0.493 e. The van der Waals surface area contributed by atoms with Gasteiger partial charge in [-0.3, -0.25) is 26.0 Å². The number of hydrogen-bond acceptors (Lipinski definition) is 17. The van der Waals surface area contributed by atoms with Crippen LogP contribution in [0, 0.1) is 11.8 Å². The van der Waals surface area contributed by atoms with Crippen molar-refractivity contribution in [3.8, 4) is 28.7 Å². The van der Waals surface area contributed by atoms with Crippen molar-refractivity contribution < 1.29 is 76.5 Å². The van der Waals surface area contributed by atoms with Crippen molar-refractivity contribution in [2.24, 2.45) is 29.0 Å². The number of carbonyl (C=O) groups excluding carboxylic acids is 1. The number of phosphoric acid groups is 1. The van der Waals surface area contributed by atoms with Gasteiger partial charge in [0.05, 0.1) is 51.6 Å². The van der Waals surface area contributed by atoms with Gasteiger partial charge in [0, 0.05) is 5.92 Å². The largest absolute Gasteiger partial charge is 0.525 e. The molecule has 0 amide bonds. The molecule has 0 spiro atoms. The molecule has 6 rings (SSSR count). The van der Waals surface area contributed by atoms with Crippen LogP contribution in [-0.4, -0.2) is 97.4 Å². The van der Waals surface area contributed by atoms with Crippen LogP contribution in [-0.2, 0) is 38.6 Å². The number of phosphoric ester groups is 1. The van der Waals surface area contributed by atoms with Crippen molar-refractivity contribution >= 4 is 13.8 Å². The molecular formula is C29H38N3O16P. The lowest BCUT2D eigenvalue weighted by Gasteiger charge is -2.47. The first-order valence-corrected chi connectivity index (χ1v) is 16.5. The second-order valence-corrected chi connectivity index (χ2v) is 13.1. The van der Waals surface area contributed by atoms with Gasteiger partial charge in [0.2, 0.25) is 18.4 Å². The Bertz CT molecular complexity index is 1610. The van der Waals surface area contributed by atoms with Crippen molar-refractivity contribution in [1.82, 2.24) is 0 Å². The number of esters is 1. The van der Waals surface area contributed by atoms with Crippen LogP contribution in [0.4, 0.5) is 0 Å². The summed E-state index contributed by atoms with van der Waals surface area (Å²) in [5, 5.41) is 20.8. The van der Waals surface area contributed by atoms with E-state index in [1.807, 2.05) is 0 Å². The van der Waals surface area contributed by atoms with Crippen LogP contribution < -0.4 is 40.7 Å². The highest BCUT2D eigenvalue weighted by Crippen LogP contribution is 2.58. The van der Waals surface area contributed by atoms with Gasteiger partial charge in [-0.2, -0.15) is 0 Å². The van der Waals surface area contributed by atoms with E-state index in [1.54, 1.807) is 19.1 Å². The molecule has 20 heteroatoms. The highest BCUT2D eigenvalue weighted by molar-refractivity contribution is 7.46. The smallest absolute Gasteiger partial charge is 0.493 e. The van der Waals surface area contributed by atoms with Crippen molar-refractivity contribution in [2.45, 2.75) is 49.2 Å². The molecule has 10 N–H and O–H groups in total. The third-order valence-electron chi connectivity index (χ3n) is 8.86. The van der Waals surface area contributed by atoms with Crippen LogP contribution in [0.15, 0.2) is 24.3 Å². The number of cyclic esters (lactones) is 1. The number of ether oxygens (including phenoxy) is 9. The number of aliphatic hydroxyl groups excluding tert-OH is 2. The van der Waals surface area contributed by atoms with Crippen LogP contribution in [0.1, 0.15) is 29.7 Å². The fourth-order valence-corrected chi connectivity index (χ4v) is 7.03. The Labute approximate surface area is 279 Å². The van der Waals surface area contributed by atoms with Crippen molar-refractivity contribution in [1.29, 1.82) is 0 Å². The normalized spacial score (nSPS) is 29.8. The van der Waals surface area contributed by atoms with Crippen molar-refractivity contribution in [3.63, 3.8) is 0 Å². The maximum atomic E-state index is 13.7. The first-order chi connectivity index (χ1) is 23.1.